The molecule has 0 amide bonds. The Labute approximate surface area is 117 Å². The van der Waals surface area contributed by atoms with Crippen molar-refractivity contribution in [3.63, 3.8) is 0 Å². The summed E-state index contributed by atoms with van der Waals surface area (Å²) >= 11 is 5.98. The van der Waals surface area contributed by atoms with E-state index in [-0.39, 0.29) is 11.7 Å². The predicted octanol–water partition coefficient (Wildman–Crippen LogP) is 2.82. The summed E-state index contributed by atoms with van der Waals surface area (Å²) in [6, 6.07) is 4.70. The molecular formula is C14H17ClFNO2. The molecule has 0 radical (unpaired) electrons. The van der Waals surface area contributed by atoms with E-state index in [0.29, 0.717) is 36.4 Å². The zero-order chi connectivity index (χ0) is 13.8. The normalized spacial score (nSPS) is 17.6. The van der Waals surface area contributed by atoms with Crippen LogP contribution in [0.25, 0.3) is 0 Å². The molecule has 0 aliphatic carbocycles. The molecule has 1 heterocycles. The van der Waals surface area contributed by atoms with Gasteiger partial charge in [0.2, 0.25) is 0 Å². The van der Waals surface area contributed by atoms with Crippen molar-refractivity contribution in [3.8, 4) is 0 Å². The molecule has 5 heteroatoms. The molecule has 1 aliphatic rings. The molecular weight excluding hydrogens is 269 g/mol. The van der Waals surface area contributed by atoms with E-state index < -0.39 is 5.97 Å². The largest absolute Gasteiger partial charge is 0.481 e. The Morgan fingerprint density at radius 3 is 2.68 bits per heavy atom. The number of halogens is 2. The van der Waals surface area contributed by atoms with E-state index in [4.69, 9.17) is 16.7 Å². The number of nitrogens with zero attached hydrogens (tertiary/aromatic N) is 1. The van der Waals surface area contributed by atoms with E-state index in [2.05, 4.69) is 4.90 Å². The smallest absolute Gasteiger partial charge is 0.306 e. The summed E-state index contributed by atoms with van der Waals surface area (Å²) < 4.78 is 13.6. The van der Waals surface area contributed by atoms with E-state index in [1.807, 2.05) is 0 Å². The Kier molecular flexibility index (Phi) is 4.77. The van der Waals surface area contributed by atoms with Crippen molar-refractivity contribution in [3.05, 3.63) is 34.6 Å². The van der Waals surface area contributed by atoms with Gasteiger partial charge in [-0.25, -0.2) is 4.39 Å². The van der Waals surface area contributed by atoms with Crippen molar-refractivity contribution in [2.45, 2.75) is 19.3 Å². The highest BCUT2D eigenvalue weighted by Crippen LogP contribution is 2.21. The number of benzene rings is 1. The summed E-state index contributed by atoms with van der Waals surface area (Å²) in [5.74, 6) is -1.21. The maximum atomic E-state index is 13.6. The van der Waals surface area contributed by atoms with Crippen LogP contribution in [0.1, 0.15) is 18.4 Å². The molecule has 1 aromatic rings. The third kappa shape index (κ3) is 3.67. The van der Waals surface area contributed by atoms with E-state index in [9.17, 15) is 9.18 Å². The predicted molar refractivity (Wildman–Crippen MR) is 71.9 cm³/mol. The summed E-state index contributed by atoms with van der Waals surface area (Å²) in [7, 11) is 0. The van der Waals surface area contributed by atoms with Gasteiger partial charge in [0.1, 0.15) is 5.82 Å². The molecule has 0 bridgehead atoms. The maximum Gasteiger partial charge on any atom is 0.306 e. The van der Waals surface area contributed by atoms with Crippen LogP contribution < -0.4 is 0 Å². The van der Waals surface area contributed by atoms with Crippen LogP contribution in [0, 0.1) is 11.7 Å². The SMILES string of the molecule is O=C(O)C1CCN(CCc2c(F)cccc2Cl)CC1. The van der Waals surface area contributed by atoms with Gasteiger partial charge in [0.05, 0.1) is 5.92 Å². The van der Waals surface area contributed by atoms with Crippen LogP contribution in [0.4, 0.5) is 4.39 Å². The van der Waals surface area contributed by atoms with Crippen molar-refractivity contribution in [2.75, 3.05) is 19.6 Å². The minimum atomic E-state index is -0.711. The topological polar surface area (TPSA) is 40.5 Å². The van der Waals surface area contributed by atoms with Gasteiger partial charge in [-0.05, 0) is 44.5 Å². The summed E-state index contributed by atoms with van der Waals surface area (Å²) in [6.07, 6.45) is 1.89. The fraction of sp³-hybridized carbons (Fsp3) is 0.500. The molecule has 104 valence electrons. The fourth-order valence-electron chi connectivity index (χ4n) is 2.44. The van der Waals surface area contributed by atoms with Crippen LogP contribution in [0.2, 0.25) is 5.02 Å². The Bertz CT molecular complexity index is 439. The van der Waals surface area contributed by atoms with Gasteiger partial charge in [0.15, 0.2) is 0 Å². The lowest BCUT2D eigenvalue weighted by molar-refractivity contribution is -0.143. The highest BCUT2D eigenvalue weighted by molar-refractivity contribution is 6.31. The average molecular weight is 286 g/mol. The van der Waals surface area contributed by atoms with Gasteiger partial charge in [-0.2, -0.15) is 0 Å². The number of hydrogen-bond acceptors (Lipinski definition) is 2. The second-order valence-electron chi connectivity index (χ2n) is 4.90. The van der Waals surface area contributed by atoms with E-state index >= 15 is 0 Å². The number of carboxylic acids is 1. The highest BCUT2D eigenvalue weighted by Gasteiger charge is 2.24. The molecule has 3 nitrogen and oxygen atoms in total. The summed E-state index contributed by atoms with van der Waals surface area (Å²) in [6.45, 7) is 2.22. The van der Waals surface area contributed by atoms with Gasteiger partial charge >= 0.3 is 5.97 Å². The molecule has 19 heavy (non-hydrogen) atoms. The molecule has 1 aromatic carbocycles. The Balaban J connectivity index is 1.86. The lowest BCUT2D eigenvalue weighted by Crippen LogP contribution is -2.37. The van der Waals surface area contributed by atoms with Crippen LogP contribution in [-0.4, -0.2) is 35.6 Å². The first-order valence-corrected chi connectivity index (χ1v) is 6.84. The van der Waals surface area contributed by atoms with E-state index in [1.165, 1.54) is 6.07 Å². The van der Waals surface area contributed by atoms with Crippen molar-refractivity contribution >= 4 is 17.6 Å². The molecule has 1 fully saturated rings. The molecule has 0 saturated carbocycles. The van der Waals surface area contributed by atoms with Crippen molar-refractivity contribution in [2.24, 2.45) is 5.92 Å². The number of rotatable bonds is 4. The molecule has 0 aromatic heterocycles. The van der Waals surface area contributed by atoms with E-state index in [0.717, 1.165) is 13.1 Å². The highest BCUT2D eigenvalue weighted by atomic mass is 35.5. The van der Waals surface area contributed by atoms with Gasteiger partial charge in [0.25, 0.3) is 0 Å². The van der Waals surface area contributed by atoms with Crippen molar-refractivity contribution in [1.82, 2.24) is 4.90 Å². The summed E-state index contributed by atoms with van der Waals surface area (Å²) in [5, 5.41) is 9.38. The Hall–Kier alpha value is -1.13. The van der Waals surface area contributed by atoms with Gasteiger partial charge in [-0.3, -0.25) is 4.79 Å². The van der Waals surface area contributed by atoms with Gasteiger partial charge < -0.3 is 10.0 Å². The van der Waals surface area contributed by atoms with Crippen LogP contribution in [-0.2, 0) is 11.2 Å². The molecule has 1 aliphatic heterocycles. The van der Waals surface area contributed by atoms with Crippen LogP contribution in [0.3, 0.4) is 0 Å². The van der Waals surface area contributed by atoms with Gasteiger partial charge in [-0.15, -0.1) is 0 Å². The monoisotopic (exact) mass is 285 g/mol. The number of hydrogen-bond donors (Lipinski definition) is 1. The number of carbonyl (C=O) groups is 1. The van der Waals surface area contributed by atoms with Gasteiger partial charge in [-0.1, -0.05) is 17.7 Å². The number of aliphatic carboxylic acids is 1. The third-order valence-electron chi connectivity index (χ3n) is 3.68. The maximum absolute atomic E-state index is 13.6. The lowest BCUT2D eigenvalue weighted by atomic mass is 9.97. The fourth-order valence-corrected chi connectivity index (χ4v) is 2.70. The molecule has 0 spiro atoms. The van der Waals surface area contributed by atoms with Crippen molar-refractivity contribution in [1.29, 1.82) is 0 Å². The minimum Gasteiger partial charge on any atom is -0.481 e. The van der Waals surface area contributed by atoms with Crippen LogP contribution in [0.15, 0.2) is 18.2 Å². The number of piperidine rings is 1. The van der Waals surface area contributed by atoms with E-state index in [1.54, 1.807) is 12.1 Å². The quantitative estimate of drug-likeness (QED) is 0.925. The number of likely N-dealkylation sites (tertiary alicyclic amines) is 1. The second-order valence-corrected chi connectivity index (χ2v) is 5.31. The summed E-state index contributed by atoms with van der Waals surface area (Å²) in [5.41, 5.74) is 0.546. The van der Waals surface area contributed by atoms with Crippen molar-refractivity contribution < 1.29 is 14.3 Å². The second kappa shape index (κ2) is 6.35. The molecule has 0 atom stereocenters. The first-order chi connectivity index (χ1) is 9.08. The lowest BCUT2D eigenvalue weighted by Gasteiger charge is -2.30. The summed E-state index contributed by atoms with van der Waals surface area (Å²) in [4.78, 5) is 13.0. The molecule has 1 N–H and O–H groups in total. The Morgan fingerprint density at radius 2 is 2.11 bits per heavy atom. The first kappa shape index (κ1) is 14.3. The van der Waals surface area contributed by atoms with Crippen LogP contribution in [0.5, 0.6) is 0 Å². The average Bonchev–Trinajstić information content (AvgIpc) is 2.38. The molecule has 1 saturated heterocycles. The van der Waals surface area contributed by atoms with Crippen LogP contribution >= 0.6 is 11.6 Å². The Morgan fingerprint density at radius 1 is 1.42 bits per heavy atom. The number of carboxylic acid groups (broad SMARTS) is 1. The third-order valence-corrected chi connectivity index (χ3v) is 4.03. The standard InChI is InChI=1S/C14H17ClFNO2/c15-12-2-1-3-13(16)11(12)6-9-17-7-4-10(5-8-17)14(18)19/h1-3,10H,4-9H2,(H,18,19). The zero-order valence-corrected chi connectivity index (χ0v) is 11.4. The first-order valence-electron chi connectivity index (χ1n) is 6.46. The zero-order valence-electron chi connectivity index (χ0n) is 10.6. The van der Waals surface area contributed by atoms with Gasteiger partial charge in [0, 0.05) is 17.1 Å². The molecule has 2 rings (SSSR count). The molecule has 0 unspecified atom stereocenters. The minimum absolute atomic E-state index is 0.228.